The van der Waals surface area contributed by atoms with Crippen molar-refractivity contribution in [2.45, 2.75) is 0 Å². The lowest BCUT2D eigenvalue weighted by Crippen LogP contribution is -2.20. The highest BCUT2D eigenvalue weighted by molar-refractivity contribution is 6.42. The third kappa shape index (κ3) is 4.48. The van der Waals surface area contributed by atoms with E-state index in [0.29, 0.717) is 27.1 Å². The Balaban J connectivity index is 1.52. The minimum Gasteiger partial charge on any atom is -0.484 e. The molecule has 4 aromatic rings. The van der Waals surface area contributed by atoms with Gasteiger partial charge in [-0.2, -0.15) is 0 Å². The summed E-state index contributed by atoms with van der Waals surface area (Å²) in [6.07, 6.45) is 0. The van der Waals surface area contributed by atoms with E-state index in [-0.39, 0.29) is 12.5 Å². The number of nitrogens with one attached hydrogen (secondary N) is 1. The van der Waals surface area contributed by atoms with Gasteiger partial charge in [0.05, 0.1) is 10.0 Å². The van der Waals surface area contributed by atoms with Gasteiger partial charge in [0.15, 0.2) is 6.61 Å². The molecular formula is C23H15Cl2NO4. The summed E-state index contributed by atoms with van der Waals surface area (Å²) in [5.74, 6) is 0.0353. The van der Waals surface area contributed by atoms with Gasteiger partial charge >= 0.3 is 5.63 Å². The van der Waals surface area contributed by atoms with Gasteiger partial charge in [-0.1, -0.05) is 53.5 Å². The Morgan fingerprint density at radius 1 is 0.933 bits per heavy atom. The molecule has 0 atom stereocenters. The number of anilines is 1. The summed E-state index contributed by atoms with van der Waals surface area (Å²) in [6.45, 7) is -0.228. The molecule has 4 rings (SSSR count). The molecule has 0 aliphatic rings. The molecule has 30 heavy (non-hydrogen) atoms. The number of rotatable bonds is 5. The second-order valence-electron chi connectivity index (χ2n) is 6.47. The van der Waals surface area contributed by atoms with Crippen LogP contribution in [0.4, 0.5) is 5.69 Å². The van der Waals surface area contributed by atoms with Gasteiger partial charge in [-0.05, 0) is 41.5 Å². The predicted molar refractivity (Wildman–Crippen MR) is 119 cm³/mol. The van der Waals surface area contributed by atoms with Crippen molar-refractivity contribution in [3.05, 3.63) is 93.3 Å². The van der Waals surface area contributed by atoms with Gasteiger partial charge in [-0.25, -0.2) is 4.79 Å². The number of benzene rings is 3. The van der Waals surface area contributed by atoms with Gasteiger partial charge in [0.2, 0.25) is 0 Å². The van der Waals surface area contributed by atoms with Crippen molar-refractivity contribution < 1.29 is 13.9 Å². The normalized spacial score (nSPS) is 10.7. The molecule has 7 heteroatoms. The number of carbonyl (C=O) groups excluding carboxylic acids is 1. The first-order valence-corrected chi connectivity index (χ1v) is 9.76. The zero-order valence-corrected chi connectivity index (χ0v) is 17.0. The van der Waals surface area contributed by atoms with Gasteiger partial charge < -0.3 is 14.5 Å². The summed E-state index contributed by atoms with van der Waals surface area (Å²) < 4.78 is 10.9. The minimum absolute atomic E-state index is 0.228. The fraction of sp³-hybridized carbons (Fsp3) is 0.0435. The topological polar surface area (TPSA) is 68.5 Å². The average Bonchev–Trinajstić information content (AvgIpc) is 2.74. The molecule has 150 valence electrons. The molecule has 5 nitrogen and oxygen atoms in total. The van der Waals surface area contributed by atoms with Gasteiger partial charge in [-0.15, -0.1) is 0 Å². The summed E-state index contributed by atoms with van der Waals surface area (Å²) in [5, 5.41) is 4.19. The molecule has 0 spiro atoms. The third-order valence-electron chi connectivity index (χ3n) is 4.37. The maximum Gasteiger partial charge on any atom is 0.336 e. The summed E-state index contributed by atoms with van der Waals surface area (Å²) in [4.78, 5) is 24.2. The lowest BCUT2D eigenvalue weighted by atomic mass is 10.0. The van der Waals surface area contributed by atoms with E-state index in [1.165, 1.54) is 6.07 Å². The monoisotopic (exact) mass is 439 g/mol. The Hall–Kier alpha value is -3.28. The van der Waals surface area contributed by atoms with Crippen molar-refractivity contribution in [2.75, 3.05) is 11.9 Å². The first-order valence-electron chi connectivity index (χ1n) is 9.00. The molecule has 1 heterocycles. The van der Waals surface area contributed by atoms with Crippen molar-refractivity contribution in [2.24, 2.45) is 0 Å². The van der Waals surface area contributed by atoms with E-state index in [1.54, 1.807) is 36.4 Å². The minimum atomic E-state index is -0.462. The van der Waals surface area contributed by atoms with Crippen LogP contribution in [-0.4, -0.2) is 12.5 Å². The molecule has 3 aromatic carbocycles. The summed E-state index contributed by atoms with van der Waals surface area (Å²) in [6, 6.07) is 20.9. The molecular weight excluding hydrogens is 425 g/mol. The number of amides is 1. The van der Waals surface area contributed by atoms with Crippen LogP contribution in [0.3, 0.4) is 0 Å². The number of ether oxygens (including phenoxy) is 1. The Morgan fingerprint density at radius 2 is 1.73 bits per heavy atom. The highest BCUT2D eigenvalue weighted by Crippen LogP contribution is 2.29. The van der Waals surface area contributed by atoms with E-state index >= 15 is 0 Å². The Labute approximate surface area is 181 Å². The van der Waals surface area contributed by atoms with Crippen LogP contribution in [0.25, 0.3) is 22.1 Å². The molecule has 1 aromatic heterocycles. The van der Waals surface area contributed by atoms with Crippen LogP contribution >= 0.6 is 23.2 Å². The molecule has 0 unspecified atom stereocenters. The van der Waals surface area contributed by atoms with Crippen LogP contribution in [0.2, 0.25) is 10.0 Å². The highest BCUT2D eigenvalue weighted by Gasteiger charge is 2.10. The zero-order chi connectivity index (χ0) is 21.1. The van der Waals surface area contributed by atoms with E-state index in [2.05, 4.69) is 5.32 Å². The Bertz CT molecular complexity index is 1290. The fourth-order valence-electron chi connectivity index (χ4n) is 3.01. The van der Waals surface area contributed by atoms with Crippen molar-refractivity contribution in [3.63, 3.8) is 0 Å². The lowest BCUT2D eigenvalue weighted by molar-refractivity contribution is -0.118. The largest absolute Gasteiger partial charge is 0.484 e. The lowest BCUT2D eigenvalue weighted by Gasteiger charge is -2.10. The smallest absolute Gasteiger partial charge is 0.336 e. The SMILES string of the molecule is O=C(COc1ccc2c(-c3ccccc3)cc(=O)oc2c1)Nc1ccc(Cl)c(Cl)c1. The van der Waals surface area contributed by atoms with E-state index in [1.807, 2.05) is 30.3 Å². The van der Waals surface area contributed by atoms with Gasteiger partial charge in [-0.3, -0.25) is 4.79 Å². The zero-order valence-electron chi connectivity index (χ0n) is 15.5. The number of fused-ring (bicyclic) bond motifs is 1. The number of hydrogen-bond donors (Lipinski definition) is 1. The molecule has 0 radical (unpaired) electrons. The maximum atomic E-state index is 12.2. The molecule has 0 saturated carbocycles. The first-order chi connectivity index (χ1) is 14.5. The van der Waals surface area contributed by atoms with Crippen molar-refractivity contribution in [1.29, 1.82) is 0 Å². The standard InChI is InChI=1S/C23H15Cl2NO4/c24-19-9-6-15(10-20(19)25)26-22(27)13-29-16-7-8-17-18(14-4-2-1-3-5-14)12-23(28)30-21(17)11-16/h1-12H,13H2,(H,26,27). The molecule has 0 fully saturated rings. The van der Waals surface area contributed by atoms with Crippen LogP contribution < -0.4 is 15.7 Å². The van der Waals surface area contributed by atoms with Crippen molar-refractivity contribution in [3.8, 4) is 16.9 Å². The summed E-state index contributed by atoms with van der Waals surface area (Å²) in [5.41, 5.74) is 2.10. The Morgan fingerprint density at radius 3 is 2.50 bits per heavy atom. The number of halogens is 2. The second-order valence-corrected chi connectivity index (χ2v) is 7.28. The summed E-state index contributed by atoms with van der Waals surface area (Å²) in [7, 11) is 0. The van der Waals surface area contributed by atoms with E-state index < -0.39 is 5.63 Å². The van der Waals surface area contributed by atoms with Crippen LogP contribution in [0.15, 0.2) is 82.0 Å². The van der Waals surface area contributed by atoms with Gasteiger partial charge in [0.1, 0.15) is 11.3 Å². The highest BCUT2D eigenvalue weighted by atomic mass is 35.5. The van der Waals surface area contributed by atoms with Crippen LogP contribution in [0, 0.1) is 0 Å². The maximum absolute atomic E-state index is 12.2. The van der Waals surface area contributed by atoms with E-state index in [4.69, 9.17) is 32.4 Å². The molecule has 1 N–H and O–H groups in total. The first kappa shape index (κ1) is 20.0. The van der Waals surface area contributed by atoms with Gasteiger partial charge in [0, 0.05) is 23.2 Å². The number of hydrogen-bond acceptors (Lipinski definition) is 4. The Kier molecular flexibility index (Phi) is 5.74. The predicted octanol–water partition coefficient (Wildman–Crippen LogP) is 5.78. The van der Waals surface area contributed by atoms with Crippen molar-refractivity contribution in [1.82, 2.24) is 0 Å². The molecule has 1 amide bonds. The quantitative estimate of drug-likeness (QED) is 0.399. The van der Waals surface area contributed by atoms with E-state index in [0.717, 1.165) is 16.5 Å². The molecule has 0 bridgehead atoms. The third-order valence-corrected chi connectivity index (χ3v) is 5.11. The van der Waals surface area contributed by atoms with Gasteiger partial charge in [0.25, 0.3) is 5.91 Å². The van der Waals surface area contributed by atoms with Crippen LogP contribution in [0.1, 0.15) is 0 Å². The van der Waals surface area contributed by atoms with E-state index in [9.17, 15) is 9.59 Å². The summed E-state index contributed by atoms with van der Waals surface area (Å²) >= 11 is 11.8. The molecule has 0 aliphatic carbocycles. The molecule has 0 aliphatic heterocycles. The van der Waals surface area contributed by atoms with Crippen molar-refractivity contribution >= 4 is 45.8 Å². The molecule has 0 saturated heterocycles. The fourth-order valence-corrected chi connectivity index (χ4v) is 3.31. The number of carbonyl (C=O) groups is 1. The average molecular weight is 440 g/mol. The second kappa shape index (κ2) is 8.61. The van der Waals surface area contributed by atoms with Crippen LogP contribution in [0.5, 0.6) is 5.75 Å². The van der Waals surface area contributed by atoms with Crippen LogP contribution in [-0.2, 0) is 4.79 Å².